The Hall–Kier alpha value is -0.740. The van der Waals surface area contributed by atoms with Crippen LogP contribution in [0.1, 0.15) is 46.2 Å². The van der Waals surface area contributed by atoms with Crippen LogP contribution in [0.5, 0.6) is 0 Å². The molecule has 4 heteroatoms. The fourth-order valence-corrected chi connectivity index (χ4v) is 4.31. The molecule has 150 valence electrons. The average Bonchev–Trinajstić information content (AvgIpc) is 2.81. The first kappa shape index (κ1) is 22.5. The van der Waals surface area contributed by atoms with Crippen LogP contribution >= 0.6 is 13.0 Å². The van der Waals surface area contributed by atoms with Gasteiger partial charge < -0.3 is 9.80 Å². The first-order chi connectivity index (χ1) is 12.9. The second-order valence-electron chi connectivity index (χ2n) is 7.61. The number of hydrogen-bond acceptors (Lipinski definition) is 2. The molecule has 0 aliphatic carbocycles. The third-order valence-corrected chi connectivity index (χ3v) is 5.07. The van der Waals surface area contributed by atoms with Crippen molar-refractivity contribution in [2.24, 2.45) is 0 Å². The monoisotopic (exact) mass is 520 g/mol. The van der Waals surface area contributed by atoms with Crippen molar-refractivity contribution in [3.05, 3.63) is 64.3 Å². The zero-order valence-electron chi connectivity index (χ0n) is 17.2. The molecule has 2 nitrogen and oxygen atoms in total. The summed E-state index contributed by atoms with van der Waals surface area (Å²) in [5.74, 6) is 0. The Balaban J connectivity index is 0.00000126. The van der Waals surface area contributed by atoms with Crippen molar-refractivity contribution in [1.82, 2.24) is 0 Å². The molecule has 0 atom stereocenters. The summed E-state index contributed by atoms with van der Waals surface area (Å²) in [6.45, 7) is 19.0. The third-order valence-electron chi connectivity index (χ3n) is 5.07. The first-order valence-electron chi connectivity index (χ1n) is 9.45. The molecule has 0 unspecified atom stereocenters. The third kappa shape index (κ3) is 5.41. The molecule has 2 aromatic rings. The molecular formula is C23H30AgBrN2. The number of nitrogens with zero attached hydrogens (tertiary/aromatic N) is 2. The van der Waals surface area contributed by atoms with Crippen LogP contribution in [0.2, 0.25) is 0 Å². The van der Waals surface area contributed by atoms with E-state index >= 15 is 0 Å². The molecular weight excluding hydrogens is 492 g/mol. The van der Waals surface area contributed by atoms with E-state index in [0.717, 1.165) is 13.1 Å². The number of hydrogen-bond donors (Lipinski definition) is 0. The van der Waals surface area contributed by atoms with E-state index in [4.69, 9.17) is 0 Å². The molecule has 0 bridgehead atoms. The molecule has 1 fully saturated rings. The minimum atomic E-state index is 1.03. The van der Waals surface area contributed by atoms with Gasteiger partial charge in [0.15, 0.2) is 0 Å². The van der Waals surface area contributed by atoms with E-state index in [0.29, 0.717) is 0 Å². The van der Waals surface area contributed by atoms with Gasteiger partial charge in [-0.25, -0.2) is 0 Å². The van der Waals surface area contributed by atoms with Gasteiger partial charge in [-0.1, -0.05) is 35.4 Å². The van der Waals surface area contributed by atoms with Crippen LogP contribution in [0.4, 0.5) is 11.4 Å². The number of rotatable bonds is 2. The van der Waals surface area contributed by atoms with Crippen molar-refractivity contribution < 1.29 is 18.9 Å². The minimum absolute atomic E-state index is 1.03. The van der Waals surface area contributed by atoms with Gasteiger partial charge in [0, 0.05) is 24.5 Å². The maximum atomic E-state index is 3.72. The number of anilines is 2. The van der Waals surface area contributed by atoms with E-state index in [1.54, 1.807) is 0 Å². The van der Waals surface area contributed by atoms with Gasteiger partial charge in [-0.3, -0.25) is 0 Å². The number of halogens is 1. The summed E-state index contributed by atoms with van der Waals surface area (Å²) in [4.78, 5) is 4.69. The zero-order chi connectivity index (χ0) is 20.1. The Bertz CT molecular complexity index is 676. The molecule has 0 saturated carbocycles. The van der Waals surface area contributed by atoms with Gasteiger partial charge in [0.25, 0.3) is 0 Å². The standard InChI is InChI=1S/C23H30N2.Ag.BrH/c1-16-11-18(3)22(19(4)12-16)24-9-7-8-10-25(15-24)23-20(5)13-17(2)14-21(23)6;;/h11-14H,7-10H2,1-6H3;;1H/q;+1;/p-1. The normalized spacial score (nSPS) is 14.6. The summed E-state index contributed by atoms with van der Waals surface area (Å²) in [5.41, 5.74) is 10.6. The topological polar surface area (TPSA) is 6.48 Å². The van der Waals surface area contributed by atoms with Crippen molar-refractivity contribution in [3.63, 3.8) is 0 Å². The molecule has 0 aromatic heterocycles. The second-order valence-corrected chi connectivity index (χ2v) is 7.61. The molecule has 1 aliphatic heterocycles. The summed E-state index contributed by atoms with van der Waals surface area (Å²) in [5, 5.41) is 0. The molecule has 27 heavy (non-hydrogen) atoms. The van der Waals surface area contributed by atoms with Crippen molar-refractivity contribution in [2.45, 2.75) is 54.4 Å². The van der Waals surface area contributed by atoms with Crippen LogP contribution in [-0.2, 0) is 18.9 Å². The van der Waals surface area contributed by atoms with Gasteiger partial charge in [0.2, 0.25) is 6.67 Å². The molecule has 1 heterocycles. The van der Waals surface area contributed by atoms with Crippen LogP contribution in [0, 0.1) is 48.2 Å². The van der Waals surface area contributed by atoms with E-state index in [9.17, 15) is 0 Å². The summed E-state index contributed by atoms with van der Waals surface area (Å²) in [6, 6.07) is 9.12. The van der Waals surface area contributed by atoms with Gasteiger partial charge in [-0.05, 0) is 76.6 Å². The number of benzene rings is 2. The van der Waals surface area contributed by atoms with Crippen molar-refractivity contribution in [1.29, 1.82) is 0 Å². The summed E-state index contributed by atoms with van der Waals surface area (Å²) in [7, 11) is 0. The Morgan fingerprint density at radius 3 is 1.26 bits per heavy atom. The maximum absolute atomic E-state index is 3.72. The van der Waals surface area contributed by atoms with Gasteiger partial charge in [0.05, 0.1) is 0 Å². The van der Waals surface area contributed by atoms with E-state index in [2.05, 4.69) is 114 Å². The molecule has 1 aliphatic rings. The van der Waals surface area contributed by atoms with Crippen LogP contribution in [0.3, 0.4) is 0 Å². The van der Waals surface area contributed by atoms with Gasteiger partial charge in [0.1, 0.15) is 0 Å². The van der Waals surface area contributed by atoms with Crippen LogP contribution in [-0.4, -0.2) is 13.1 Å². The molecule has 1 saturated heterocycles. The van der Waals surface area contributed by atoms with Gasteiger partial charge in [-0.15, -0.1) is 0 Å². The molecule has 2 aromatic carbocycles. The predicted octanol–water partition coefficient (Wildman–Crippen LogP) is 6.48. The fraction of sp³-hybridized carbons (Fsp3) is 0.435. The van der Waals surface area contributed by atoms with E-state index in [1.807, 2.05) is 0 Å². The summed E-state index contributed by atoms with van der Waals surface area (Å²) >= 11 is 5.51. The van der Waals surface area contributed by atoms with Gasteiger partial charge >= 0.3 is 32.0 Å². The van der Waals surface area contributed by atoms with Gasteiger partial charge in [-0.2, -0.15) is 0 Å². The van der Waals surface area contributed by atoms with Crippen LogP contribution in [0.15, 0.2) is 24.3 Å². The SMILES string of the molecule is Cc1cc(C)c(N2[C]N(c3c(C)cc(C)cc3C)CCCC2)c(C)c1.[Br][Ag]. The molecule has 0 amide bonds. The van der Waals surface area contributed by atoms with E-state index < -0.39 is 0 Å². The molecule has 2 radical (unpaired) electrons. The Morgan fingerprint density at radius 2 is 0.963 bits per heavy atom. The van der Waals surface area contributed by atoms with Crippen molar-refractivity contribution in [3.8, 4) is 0 Å². The summed E-state index contributed by atoms with van der Waals surface area (Å²) < 4.78 is 0. The fourth-order valence-electron chi connectivity index (χ4n) is 4.31. The Morgan fingerprint density at radius 1 is 0.667 bits per heavy atom. The number of aryl methyl sites for hydroxylation is 6. The zero-order valence-corrected chi connectivity index (χ0v) is 20.3. The quantitative estimate of drug-likeness (QED) is 0.417. The van der Waals surface area contributed by atoms with Crippen molar-refractivity contribution >= 4 is 24.4 Å². The second kappa shape index (κ2) is 10.2. The first-order valence-corrected chi connectivity index (χ1v) is 12.8. The van der Waals surface area contributed by atoms with Crippen LogP contribution in [0.25, 0.3) is 0 Å². The van der Waals surface area contributed by atoms with Crippen LogP contribution < -0.4 is 9.80 Å². The Kier molecular flexibility index (Phi) is 8.48. The molecule has 0 N–H and O–H groups in total. The average molecular weight is 522 g/mol. The van der Waals surface area contributed by atoms with E-state index in [1.165, 1.54) is 57.6 Å². The van der Waals surface area contributed by atoms with E-state index in [-0.39, 0.29) is 0 Å². The van der Waals surface area contributed by atoms with Crippen molar-refractivity contribution in [2.75, 3.05) is 22.9 Å². The molecule has 0 spiro atoms. The predicted molar refractivity (Wildman–Crippen MR) is 117 cm³/mol. The Labute approximate surface area is 184 Å². The molecule has 3 rings (SSSR count). The summed E-state index contributed by atoms with van der Waals surface area (Å²) in [6.07, 6.45) is 2.39.